The third-order valence-corrected chi connectivity index (χ3v) is 2.84. The number of halogens is 1. The molecular formula is C10H21BrO. The van der Waals surface area contributed by atoms with Gasteiger partial charge in [-0.15, -0.1) is 0 Å². The summed E-state index contributed by atoms with van der Waals surface area (Å²) in [5.41, 5.74) is 0.334. The van der Waals surface area contributed by atoms with Gasteiger partial charge in [0.2, 0.25) is 0 Å². The number of rotatable bonds is 7. The van der Waals surface area contributed by atoms with Crippen LogP contribution in [0.5, 0.6) is 0 Å². The van der Waals surface area contributed by atoms with Gasteiger partial charge in [-0.3, -0.25) is 0 Å². The van der Waals surface area contributed by atoms with Crippen molar-refractivity contribution in [2.45, 2.75) is 46.0 Å². The number of hydrogen-bond donors (Lipinski definition) is 1. The zero-order valence-electron chi connectivity index (χ0n) is 8.27. The molecule has 0 amide bonds. The predicted molar refractivity (Wildman–Crippen MR) is 57.7 cm³/mol. The van der Waals surface area contributed by atoms with Gasteiger partial charge in [-0.25, -0.2) is 0 Å². The molecule has 0 aliphatic heterocycles. The van der Waals surface area contributed by atoms with Crippen molar-refractivity contribution in [2.24, 2.45) is 5.41 Å². The lowest BCUT2D eigenvalue weighted by Gasteiger charge is -2.23. The zero-order valence-corrected chi connectivity index (χ0v) is 9.86. The van der Waals surface area contributed by atoms with Crippen LogP contribution in [-0.4, -0.2) is 17.0 Å². The fourth-order valence-corrected chi connectivity index (χ4v) is 1.70. The molecule has 74 valence electrons. The van der Waals surface area contributed by atoms with Gasteiger partial charge < -0.3 is 5.11 Å². The molecule has 0 spiro atoms. The minimum Gasteiger partial charge on any atom is -0.396 e. The Morgan fingerprint density at radius 2 is 1.75 bits per heavy atom. The zero-order chi connectivity index (χ0) is 9.45. The van der Waals surface area contributed by atoms with Gasteiger partial charge in [-0.2, -0.15) is 0 Å². The van der Waals surface area contributed by atoms with E-state index in [1.807, 2.05) is 0 Å². The predicted octanol–water partition coefficient (Wildman–Crippen LogP) is 3.35. The smallest absolute Gasteiger partial charge is 0.0436 e. The topological polar surface area (TPSA) is 20.2 Å². The molecule has 0 radical (unpaired) electrons. The fourth-order valence-electron chi connectivity index (χ4n) is 1.30. The molecule has 0 aromatic rings. The van der Waals surface area contributed by atoms with E-state index in [-0.39, 0.29) is 0 Å². The van der Waals surface area contributed by atoms with Crippen LogP contribution >= 0.6 is 15.9 Å². The third kappa shape index (κ3) is 7.11. The monoisotopic (exact) mass is 236 g/mol. The highest BCUT2D eigenvalue weighted by Gasteiger charge is 2.15. The molecule has 1 N–H and O–H groups in total. The number of hydrogen-bond acceptors (Lipinski definition) is 1. The van der Waals surface area contributed by atoms with Gasteiger partial charge in [0.05, 0.1) is 0 Å². The number of unbranched alkanes of at least 4 members (excludes halogenated alkanes) is 2. The maximum absolute atomic E-state index is 8.80. The quantitative estimate of drug-likeness (QED) is 0.531. The Balaban J connectivity index is 3.33. The standard InChI is InChI=1S/C10H21BrO/c1-10(2,7-9-12)6-4-3-5-8-11/h12H,3-9H2,1-2H3. The minimum atomic E-state index is 0.325. The minimum absolute atomic E-state index is 0.325. The largest absolute Gasteiger partial charge is 0.396 e. The van der Waals surface area contributed by atoms with Gasteiger partial charge in [0.25, 0.3) is 0 Å². The van der Waals surface area contributed by atoms with E-state index in [9.17, 15) is 0 Å². The Hall–Kier alpha value is 0.440. The highest BCUT2D eigenvalue weighted by Crippen LogP contribution is 2.27. The molecule has 2 heteroatoms. The molecule has 0 aromatic heterocycles. The van der Waals surface area contributed by atoms with E-state index in [1.165, 1.54) is 25.7 Å². The molecule has 0 atom stereocenters. The summed E-state index contributed by atoms with van der Waals surface area (Å²) in [6, 6.07) is 0. The second-order valence-electron chi connectivity index (χ2n) is 4.14. The lowest BCUT2D eigenvalue weighted by molar-refractivity contribution is 0.198. The second-order valence-corrected chi connectivity index (χ2v) is 4.93. The number of aliphatic hydroxyl groups is 1. The number of alkyl halides is 1. The molecule has 0 aliphatic rings. The van der Waals surface area contributed by atoms with Crippen LogP contribution in [0.4, 0.5) is 0 Å². The SMILES string of the molecule is CC(C)(CCO)CCCCCBr. The first-order valence-corrected chi connectivity index (χ1v) is 5.91. The maximum Gasteiger partial charge on any atom is 0.0436 e. The van der Waals surface area contributed by atoms with E-state index in [1.54, 1.807) is 0 Å². The molecule has 0 unspecified atom stereocenters. The van der Waals surface area contributed by atoms with Gasteiger partial charge >= 0.3 is 0 Å². The highest BCUT2D eigenvalue weighted by atomic mass is 79.9. The second kappa shape index (κ2) is 6.90. The molecule has 0 aliphatic carbocycles. The van der Waals surface area contributed by atoms with E-state index < -0.39 is 0 Å². The first-order valence-electron chi connectivity index (χ1n) is 4.79. The molecule has 1 nitrogen and oxygen atoms in total. The van der Waals surface area contributed by atoms with Crippen molar-refractivity contribution in [2.75, 3.05) is 11.9 Å². The van der Waals surface area contributed by atoms with Gasteiger partial charge in [0.15, 0.2) is 0 Å². The molecule has 0 fully saturated rings. The van der Waals surface area contributed by atoms with Crippen molar-refractivity contribution in [3.63, 3.8) is 0 Å². The van der Waals surface area contributed by atoms with Gasteiger partial charge in [0.1, 0.15) is 0 Å². The van der Waals surface area contributed by atoms with Crippen molar-refractivity contribution in [3.05, 3.63) is 0 Å². The third-order valence-electron chi connectivity index (χ3n) is 2.28. The van der Waals surface area contributed by atoms with E-state index >= 15 is 0 Å². The van der Waals surface area contributed by atoms with E-state index in [0.717, 1.165) is 11.8 Å². The van der Waals surface area contributed by atoms with Crippen LogP contribution < -0.4 is 0 Å². The molecule has 0 saturated carbocycles. The molecule has 0 rings (SSSR count). The van der Waals surface area contributed by atoms with Crippen LogP contribution in [-0.2, 0) is 0 Å². The Morgan fingerprint density at radius 1 is 1.08 bits per heavy atom. The summed E-state index contributed by atoms with van der Waals surface area (Å²) >= 11 is 3.42. The summed E-state index contributed by atoms with van der Waals surface area (Å²) in [7, 11) is 0. The van der Waals surface area contributed by atoms with E-state index in [2.05, 4.69) is 29.8 Å². The highest BCUT2D eigenvalue weighted by molar-refractivity contribution is 9.09. The molecule has 0 heterocycles. The van der Waals surface area contributed by atoms with Crippen LogP contribution in [0.2, 0.25) is 0 Å². The Labute approximate surface area is 84.7 Å². The van der Waals surface area contributed by atoms with Crippen molar-refractivity contribution in [3.8, 4) is 0 Å². The molecule has 0 bridgehead atoms. The molecule has 0 saturated heterocycles. The van der Waals surface area contributed by atoms with Gasteiger partial charge in [-0.05, 0) is 24.7 Å². The summed E-state index contributed by atoms with van der Waals surface area (Å²) in [4.78, 5) is 0. The molecule has 12 heavy (non-hydrogen) atoms. The van der Waals surface area contributed by atoms with E-state index in [4.69, 9.17) is 5.11 Å². The Morgan fingerprint density at radius 3 is 2.25 bits per heavy atom. The molecule has 0 aromatic carbocycles. The van der Waals surface area contributed by atoms with Gasteiger partial charge in [-0.1, -0.05) is 42.6 Å². The summed E-state index contributed by atoms with van der Waals surface area (Å²) in [6.45, 7) is 4.79. The van der Waals surface area contributed by atoms with Crippen LogP contribution in [0.15, 0.2) is 0 Å². The summed E-state index contributed by atoms with van der Waals surface area (Å²) in [6.07, 6.45) is 6.04. The average Bonchev–Trinajstić information content (AvgIpc) is 1.98. The van der Waals surface area contributed by atoms with Crippen molar-refractivity contribution in [1.29, 1.82) is 0 Å². The maximum atomic E-state index is 8.80. The van der Waals surface area contributed by atoms with Crippen LogP contribution in [0.1, 0.15) is 46.0 Å². The van der Waals surface area contributed by atoms with Gasteiger partial charge in [0, 0.05) is 11.9 Å². The average molecular weight is 237 g/mol. The van der Waals surface area contributed by atoms with Crippen molar-refractivity contribution < 1.29 is 5.11 Å². The summed E-state index contributed by atoms with van der Waals surface area (Å²) < 4.78 is 0. The van der Waals surface area contributed by atoms with Crippen molar-refractivity contribution in [1.82, 2.24) is 0 Å². The number of aliphatic hydroxyl groups excluding tert-OH is 1. The normalized spacial score (nSPS) is 12.0. The summed E-state index contributed by atoms with van der Waals surface area (Å²) in [5, 5.41) is 9.92. The molecular weight excluding hydrogens is 216 g/mol. The van der Waals surface area contributed by atoms with Crippen LogP contribution in [0, 0.1) is 5.41 Å². The van der Waals surface area contributed by atoms with Crippen LogP contribution in [0.3, 0.4) is 0 Å². The first-order chi connectivity index (χ1) is 5.62. The summed E-state index contributed by atoms with van der Waals surface area (Å²) in [5.74, 6) is 0. The Bertz CT molecular complexity index is 102. The van der Waals surface area contributed by atoms with E-state index in [0.29, 0.717) is 12.0 Å². The van der Waals surface area contributed by atoms with Crippen LogP contribution in [0.25, 0.3) is 0 Å². The first kappa shape index (κ1) is 12.4. The fraction of sp³-hybridized carbons (Fsp3) is 1.00. The van der Waals surface area contributed by atoms with Crippen molar-refractivity contribution >= 4 is 15.9 Å². The lowest BCUT2D eigenvalue weighted by atomic mass is 9.84. The lowest BCUT2D eigenvalue weighted by Crippen LogP contribution is -2.13. The Kier molecular flexibility index (Phi) is 7.16.